The van der Waals surface area contributed by atoms with Crippen LogP contribution in [0.1, 0.15) is 129 Å². The molecule has 20 heteroatoms. The molecule has 4 aromatic heterocycles. The van der Waals surface area contributed by atoms with Crippen molar-refractivity contribution in [2.24, 2.45) is 12.5 Å². The fourth-order valence-electron chi connectivity index (χ4n) is 10.9. The van der Waals surface area contributed by atoms with Gasteiger partial charge in [-0.2, -0.15) is 10.4 Å². The Kier molecular flexibility index (Phi) is 19.7. The van der Waals surface area contributed by atoms with E-state index in [0.29, 0.717) is 30.8 Å². The largest absolute Gasteiger partial charge is 0.391 e. The maximum absolute atomic E-state index is 14.4. The summed E-state index contributed by atoms with van der Waals surface area (Å²) in [4.78, 5) is 81.8. The predicted octanol–water partition coefficient (Wildman–Crippen LogP) is 8.99. The predicted molar refractivity (Wildman–Crippen MR) is 322 cm³/mol. The number of aliphatic hydroxyl groups is 1. The molecule has 19 nitrogen and oxygen atoms in total. The molecule has 2 aliphatic rings. The average molecular weight is 1150 g/mol. The lowest BCUT2D eigenvalue weighted by atomic mass is 9.85. The Hall–Kier alpha value is -7.73. The van der Waals surface area contributed by atoms with Crippen molar-refractivity contribution in [1.29, 1.82) is 5.26 Å². The van der Waals surface area contributed by atoms with Crippen LogP contribution in [0.2, 0.25) is 0 Å². The van der Waals surface area contributed by atoms with E-state index < -0.39 is 40.6 Å². The lowest BCUT2D eigenvalue weighted by Gasteiger charge is -2.37. The SMILES string of the molecule is CCC(C)(CC(=O)N[C@H](C(=O)N1C[C@H](O)C[C@H]1C(=O)NCc1ccc(-c2scnc2C)cc1)C(C)(C)C)OCCC(C)(CC)n1cc(CNC(=O)N(c2ccc(-c3ccc(=O)n(C)c3)cc2)C2CCC(Nc3ccc(C#N)cn3)CC2)cn1. The van der Waals surface area contributed by atoms with Crippen molar-refractivity contribution < 1.29 is 29.0 Å². The second-order valence-corrected chi connectivity index (χ2v) is 24.7. The van der Waals surface area contributed by atoms with E-state index in [0.717, 1.165) is 76.2 Å². The number of thiazole rings is 1. The number of carbonyl (C=O) groups excluding carboxylic acids is 4. The molecule has 2 fully saturated rings. The molecule has 8 rings (SSSR count). The number of nitrogens with zero attached hydrogens (tertiary/aromatic N) is 8. The number of β-amino-alcohol motifs (C(OH)–C–C–N with tert-alkyl or cyclic N) is 1. The zero-order valence-electron chi connectivity index (χ0n) is 49.3. The van der Waals surface area contributed by atoms with Gasteiger partial charge in [-0.25, -0.2) is 14.8 Å². The molecule has 5 atom stereocenters. The van der Waals surface area contributed by atoms with Gasteiger partial charge in [0.1, 0.15) is 24.0 Å². The summed E-state index contributed by atoms with van der Waals surface area (Å²) in [5, 5.41) is 37.4. The minimum absolute atomic E-state index is 0.0174. The highest BCUT2D eigenvalue weighted by atomic mass is 32.1. The molecule has 2 aromatic carbocycles. The molecule has 5 heterocycles. The van der Waals surface area contributed by atoms with Crippen molar-refractivity contribution in [1.82, 2.24) is 45.2 Å². The van der Waals surface area contributed by atoms with Crippen LogP contribution < -0.4 is 31.7 Å². The minimum Gasteiger partial charge on any atom is -0.391 e. The molecular weight excluding hydrogens is 1070 g/mol. The molecule has 0 radical (unpaired) electrons. The number of hydrogen-bond donors (Lipinski definition) is 5. The number of benzene rings is 2. The van der Waals surface area contributed by atoms with Crippen molar-refractivity contribution in [3.63, 3.8) is 0 Å². The smallest absolute Gasteiger partial charge is 0.322 e. The van der Waals surface area contributed by atoms with Gasteiger partial charge in [0, 0.05) is 87.7 Å². The van der Waals surface area contributed by atoms with Crippen LogP contribution >= 0.6 is 11.3 Å². The van der Waals surface area contributed by atoms with Gasteiger partial charge in [-0.1, -0.05) is 71.0 Å². The van der Waals surface area contributed by atoms with Gasteiger partial charge in [-0.3, -0.25) is 28.8 Å². The second-order valence-electron chi connectivity index (χ2n) is 23.8. The quantitative estimate of drug-likeness (QED) is 0.0428. The first kappa shape index (κ1) is 61.3. The third-order valence-electron chi connectivity index (χ3n) is 16.6. The molecule has 1 saturated heterocycles. The van der Waals surface area contributed by atoms with Crippen LogP contribution in [0.3, 0.4) is 0 Å². The fraction of sp³-hybridized carbons (Fsp3) is 0.476. The van der Waals surface area contributed by atoms with Gasteiger partial charge in [0.05, 0.1) is 51.5 Å². The molecular formula is C63H80N12O7S. The van der Waals surface area contributed by atoms with Crippen molar-refractivity contribution >= 4 is 46.6 Å². The average Bonchev–Trinajstić information content (AvgIpc) is 4.39. The highest BCUT2D eigenvalue weighted by Gasteiger charge is 2.45. The van der Waals surface area contributed by atoms with Gasteiger partial charge < -0.3 is 40.6 Å². The number of carbonyl (C=O) groups is 4. The zero-order valence-corrected chi connectivity index (χ0v) is 50.1. The van der Waals surface area contributed by atoms with Crippen LogP contribution in [-0.4, -0.2) is 107 Å². The number of aromatic nitrogens is 5. The Balaban J connectivity index is 0.858. The van der Waals surface area contributed by atoms with Crippen LogP contribution in [0.4, 0.5) is 16.3 Å². The Morgan fingerprint density at radius 3 is 2.18 bits per heavy atom. The minimum atomic E-state index is -0.988. The summed E-state index contributed by atoms with van der Waals surface area (Å²) < 4.78 is 10.0. The third-order valence-corrected chi connectivity index (χ3v) is 17.5. The number of anilines is 2. The number of nitriles is 1. The Morgan fingerprint density at radius 1 is 0.855 bits per heavy atom. The highest BCUT2D eigenvalue weighted by molar-refractivity contribution is 7.13. The maximum Gasteiger partial charge on any atom is 0.322 e. The number of rotatable bonds is 22. The van der Waals surface area contributed by atoms with Gasteiger partial charge in [0.25, 0.3) is 0 Å². The van der Waals surface area contributed by atoms with E-state index in [1.54, 1.807) is 59.7 Å². The molecule has 83 heavy (non-hydrogen) atoms. The number of hydrogen-bond acceptors (Lipinski definition) is 13. The summed E-state index contributed by atoms with van der Waals surface area (Å²) in [7, 11) is 1.72. The van der Waals surface area contributed by atoms with E-state index >= 15 is 0 Å². The van der Waals surface area contributed by atoms with Gasteiger partial charge in [-0.05, 0) is 124 Å². The number of ether oxygens (including phenoxy) is 1. The number of aryl methyl sites for hydroxylation is 2. The van der Waals surface area contributed by atoms with Gasteiger partial charge in [0.15, 0.2) is 0 Å². The number of aliphatic hydroxyl groups excluding tert-OH is 1. The fourth-order valence-corrected chi connectivity index (χ4v) is 11.7. The molecule has 5 N–H and O–H groups in total. The van der Waals surface area contributed by atoms with Gasteiger partial charge in [-0.15, -0.1) is 11.3 Å². The molecule has 1 aliphatic heterocycles. The molecule has 0 spiro atoms. The summed E-state index contributed by atoms with van der Waals surface area (Å²) >= 11 is 1.57. The molecule has 2 unspecified atom stereocenters. The van der Waals surface area contributed by atoms with Crippen LogP contribution in [0.5, 0.6) is 0 Å². The maximum atomic E-state index is 14.4. The first-order valence-electron chi connectivity index (χ1n) is 28.8. The van der Waals surface area contributed by atoms with Crippen molar-refractivity contribution in [2.45, 2.75) is 168 Å². The lowest BCUT2D eigenvalue weighted by Crippen LogP contribution is -2.58. The Labute approximate surface area is 490 Å². The summed E-state index contributed by atoms with van der Waals surface area (Å²) in [6.07, 6.45) is 11.2. The molecule has 5 amide bonds. The van der Waals surface area contributed by atoms with Crippen LogP contribution in [0, 0.1) is 23.7 Å². The number of pyridine rings is 2. The number of nitrogens with one attached hydrogen (secondary N) is 4. The summed E-state index contributed by atoms with van der Waals surface area (Å²) in [6.45, 7) is 16.4. The number of likely N-dealkylation sites (tertiary alicyclic amines) is 1. The van der Waals surface area contributed by atoms with Crippen molar-refractivity contribution in [3.8, 4) is 27.6 Å². The normalized spacial score (nSPS) is 18.9. The Morgan fingerprint density at radius 2 is 1.55 bits per heavy atom. The van der Waals surface area contributed by atoms with Crippen LogP contribution in [0.25, 0.3) is 21.6 Å². The second kappa shape index (κ2) is 26.7. The topological polar surface area (TPSA) is 242 Å². The third kappa shape index (κ3) is 15.3. The number of amides is 5. The van der Waals surface area contributed by atoms with E-state index in [2.05, 4.69) is 51.2 Å². The lowest BCUT2D eigenvalue weighted by molar-refractivity contribution is -0.145. The van der Waals surface area contributed by atoms with Crippen LogP contribution in [-0.2, 0) is 44.8 Å². The van der Waals surface area contributed by atoms with E-state index in [1.807, 2.05) is 117 Å². The van der Waals surface area contributed by atoms with E-state index in [-0.39, 0.29) is 68.0 Å². The summed E-state index contributed by atoms with van der Waals surface area (Å²) in [6, 6.07) is 22.7. The van der Waals surface area contributed by atoms with Gasteiger partial charge >= 0.3 is 6.03 Å². The monoisotopic (exact) mass is 1150 g/mol. The summed E-state index contributed by atoms with van der Waals surface area (Å²) in [5.74, 6) is -0.462. The first-order valence-corrected chi connectivity index (χ1v) is 29.7. The molecule has 1 aliphatic carbocycles. The molecule has 0 bridgehead atoms. The molecule has 6 aromatic rings. The zero-order chi connectivity index (χ0) is 59.6. The number of urea groups is 1. The van der Waals surface area contributed by atoms with Gasteiger partial charge in [0.2, 0.25) is 23.3 Å². The Bertz CT molecular complexity index is 3300. The van der Waals surface area contributed by atoms with E-state index in [4.69, 9.17) is 9.84 Å². The van der Waals surface area contributed by atoms with Crippen molar-refractivity contribution in [2.75, 3.05) is 23.4 Å². The van der Waals surface area contributed by atoms with E-state index in [9.17, 15) is 34.3 Å². The van der Waals surface area contributed by atoms with Crippen LogP contribution in [0.15, 0.2) is 108 Å². The van der Waals surface area contributed by atoms with E-state index in [1.165, 1.54) is 4.90 Å². The standard InChI is InChI=1S/C63H80N12O7S/c1-10-62(7,28-29-82-63(8,11-2)31-54(77)71-57(61(4,5)6)59(80)73-39-51(76)30-52(73)58(79)66-33-42-12-15-46(16-13-42)56-41(3)68-40-83-56)74-37-44(36-69-74)35-67-60(81)75(49-22-17-45(18-23-49)47-19-27-55(78)72(9)38-47)50-24-20-48(21-25-50)70-53-26-14-43(32-64)34-65-53/h12-19,22-23,26-27,34,36-38,40,48,50-52,57,76H,10-11,20-21,24-25,28-31,33,35,39H2,1-9H3,(H,65,70)(H,66,79)(H,67,81)(H,71,77)/t48?,50?,51-,52+,57-,62?,63?/m1/s1. The van der Waals surface area contributed by atoms with Crippen molar-refractivity contribution in [3.05, 3.63) is 136 Å². The highest BCUT2D eigenvalue weighted by Crippen LogP contribution is 2.34. The summed E-state index contributed by atoms with van der Waals surface area (Å²) in [5.41, 5.74) is 6.41. The molecule has 1 saturated carbocycles. The molecule has 440 valence electrons. The first-order chi connectivity index (χ1) is 39.6.